The first-order chi connectivity index (χ1) is 15.2. The summed E-state index contributed by atoms with van der Waals surface area (Å²) in [6, 6.07) is 10.3. The number of hydrogen-bond acceptors (Lipinski definition) is 5. The minimum absolute atomic E-state index is 0. The van der Waals surface area contributed by atoms with Crippen molar-refractivity contribution in [2.24, 2.45) is 4.99 Å². The van der Waals surface area contributed by atoms with Crippen molar-refractivity contribution in [3.05, 3.63) is 47.1 Å². The molecule has 1 unspecified atom stereocenters. The second-order valence-electron chi connectivity index (χ2n) is 8.03. The van der Waals surface area contributed by atoms with Crippen LogP contribution >= 0.6 is 35.6 Å². The first-order valence-corrected chi connectivity index (χ1v) is 11.3. The summed E-state index contributed by atoms with van der Waals surface area (Å²) in [5.41, 5.74) is 2.24. The minimum Gasteiger partial charge on any atom is -0.495 e. The van der Waals surface area contributed by atoms with Crippen molar-refractivity contribution in [3.8, 4) is 5.75 Å². The first kappa shape index (κ1) is 24.7. The quantitative estimate of drug-likeness (QED) is 0.312. The fraction of sp³-hybridized carbons (Fsp3) is 0.478. The van der Waals surface area contributed by atoms with Gasteiger partial charge in [-0.2, -0.15) is 0 Å². The van der Waals surface area contributed by atoms with Crippen molar-refractivity contribution in [1.82, 2.24) is 15.6 Å². The Bertz CT molecular complexity index is 921. The van der Waals surface area contributed by atoms with Gasteiger partial charge in [-0.1, -0.05) is 11.6 Å². The molecule has 7 nitrogen and oxygen atoms in total. The van der Waals surface area contributed by atoms with Crippen molar-refractivity contribution < 1.29 is 4.74 Å². The third-order valence-electron chi connectivity index (χ3n) is 5.93. The lowest BCUT2D eigenvalue weighted by Gasteiger charge is -2.22. The van der Waals surface area contributed by atoms with Crippen LogP contribution in [0.25, 0.3) is 0 Å². The Labute approximate surface area is 212 Å². The molecule has 0 spiro atoms. The van der Waals surface area contributed by atoms with Gasteiger partial charge in [-0.05, 0) is 55.2 Å². The third-order valence-corrected chi connectivity index (χ3v) is 6.17. The molecule has 1 aromatic carbocycles. The van der Waals surface area contributed by atoms with Crippen LogP contribution in [0.15, 0.2) is 41.5 Å². The van der Waals surface area contributed by atoms with Crippen LogP contribution in [0.1, 0.15) is 24.8 Å². The normalized spacial score (nSPS) is 18.5. The monoisotopic (exact) mass is 570 g/mol. The lowest BCUT2D eigenvalue weighted by molar-refractivity contribution is 0.415. The number of halogens is 2. The number of pyridine rings is 1. The van der Waals surface area contributed by atoms with E-state index in [1.165, 1.54) is 18.4 Å². The highest BCUT2D eigenvalue weighted by Gasteiger charge is 2.25. The molecule has 2 aromatic rings. The van der Waals surface area contributed by atoms with Gasteiger partial charge in [0.2, 0.25) is 0 Å². The average Bonchev–Trinajstić information content (AvgIpc) is 3.49. The van der Waals surface area contributed by atoms with E-state index >= 15 is 0 Å². The zero-order valence-electron chi connectivity index (χ0n) is 18.7. The van der Waals surface area contributed by atoms with Crippen LogP contribution < -0.4 is 25.2 Å². The predicted molar refractivity (Wildman–Crippen MR) is 143 cm³/mol. The number of hydrogen-bond donors (Lipinski definition) is 2. The molecule has 0 radical (unpaired) electrons. The van der Waals surface area contributed by atoms with Crippen molar-refractivity contribution in [3.63, 3.8) is 0 Å². The maximum absolute atomic E-state index is 6.21. The van der Waals surface area contributed by atoms with E-state index < -0.39 is 0 Å². The fourth-order valence-electron chi connectivity index (χ4n) is 4.27. The highest BCUT2D eigenvalue weighted by atomic mass is 127. The molecule has 4 rings (SSSR count). The SMILES string of the molecule is CN=C(NCc1ccnc(N2CCCC2)c1)NC1CCN(c2cc(Cl)ccc2OC)C1.I. The first-order valence-electron chi connectivity index (χ1n) is 10.9. The average molecular weight is 571 g/mol. The maximum Gasteiger partial charge on any atom is 0.191 e. The fourth-order valence-corrected chi connectivity index (χ4v) is 4.44. The summed E-state index contributed by atoms with van der Waals surface area (Å²) in [6.07, 6.45) is 5.42. The molecule has 32 heavy (non-hydrogen) atoms. The molecule has 1 aromatic heterocycles. The molecular weight excluding hydrogens is 539 g/mol. The van der Waals surface area contributed by atoms with Crippen LogP contribution in [-0.4, -0.2) is 57.3 Å². The summed E-state index contributed by atoms with van der Waals surface area (Å²) < 4.78 is 5.52. The van der Waals surface area contributed by atoms with E-state index in [4.69, 9.17) is 16.3 Å². The van der Waals surface area contributed by atoms with Crippen LogP contribution in [0, 0.1) is 0 Å². The molecule has 2 N–H and O–H groups in total. The van der Waals surface area contributed by atoms with Gasteiger partial charge in [0.1, 0.15) is 11.6 Å². The van der Waals surface area contributed by atoms with E-state index in [2.05, 4.69) is 42.5 Å². The third kappa shape index (κ3) is 6.10. The smallest absolute Gasteiger partial charge is 0.191 e. The Hall–Kier alpha value is -1.94. The van der Waals surface area contributed by atoms with Gasteiger partial charge in [-0.25, -0.2) is 4.98 Å². The van der Waals surface area contributed by atoms with Crippen molar-refractivity contribution in [2.45, 2.75) is 31.8 Å². The van der Waals surface area contributed by atoms with Gasteiger partial charge in [0, 0.05) is 57.0 Å². The zero-order chi connectivity index (χ0) is 21.6. The van der Waals surface area contributed by atoms with Gasteiger partial charge < -0.3 is 25.2 Å². The number of ether oxygens (including phenoxy) is 1. The van der Waals surface area contributed by atoms with Crippen molar-refractivity contribution in [1.29, 1.82) is 0 Å². The summed E-state index contributed by atoms with van der Waals surface area (Å²) in [6.45, 7) is 4.72. The Morgan fingerprint density at radius 3 is 2.75 bits per heavy atom. The molecule has 0 bridgehead atoms. The summed E-state index contributed by atoms with van der Waals surface area (Å²) >= 11 is 6.21. The Morgan fingerprint density at radius 2 is 2.00 bits per heavy atom. The number of guanidine groups is 1. The molecule has 1 atom stereocenters. The minimum atomic E-state index is 0. The standard InChI is InChI=1S/C23H31ClN6O.HI/c1-25-23(27-15-17-7-9-26-22(13-17)29-10-3-4-11-29)28-19-8-12-30(16-19)20-14-18(24)5-6-21(20)31-2;/h5-7,9,13-14,19H,3-4,8,10-12,15-16H2,1-2H3,(H2,25,27,28);1H. The molecular formula is C23H32ClIN6O. The van der Waals surface area contributed by atoms with Gasteiger partial charge in [0.15, 0.2) is 5.96 Å². The van der Waals surface area contributed by atoms with Gasteiger partial charge in [0.05, 0.1) is 12.8 Å². The number of anilines is 2. The second kappa shape index (κ2) is 11.8. The highest BCUT2D eigenvalue weighted by molar-refractivity contribution is 14.0. The molecule has 9 heteroatoms. The summed E-state index contributed by atoms with van der Waals surface area (Å²) in [5, 5.41) is 7.72. The van der Waals surface area contributed by atoms with Crippen LogP contribution in [0.4, 0.5) is 11.5 Å². The van der Waals surface area contributed by atoms with Crippen LogP contribution in [-0.2, 0) is 6.54 Å². The van der Waals surface area contributed by atoms with E-state index in [0.717, 1.165) is 60.8 Å². The lowest BCUT2D eigenvalue weighted by Crippen LogP contribution is -2.44. The number of benzene rings is 1. The predicted octanol–water partition coefficient (Wildman–Crippen LogP) is 3.91. The van der Waals surface area contributed by atoms with E-state index in [1.807, 2.05) is 31.4 Å². The highest BCUT2D eigenvalue weighted by Crippen LogP contribution is 2.33. The van der Waals surface area contributed by atoms with E-state index in [1.54, 1.807) is 7.11 Å². The molecule has 0 amide bonds. The van der Waals surface area contributed by atoms with Crippen LogP contribution in [0.2, 0.25) is 5.02 Å². The lowest BCUT2D eigenvalue weighted by atomic mass is 10.2. The Balaban J connectivity index is 0.00000289. The van der Waals surface area contributed by atoms with Crippen molar-refractivity contribution in [2.75, 3.05) is 50.1 Å². The molecule has 2 saturated heterocycles. The van der Waals surface area contributed by atoms with Gasteiger partial charge in [0.25, 0.3) is 0 Å². The van der Waals surface area contributed by atoms with Gasteiger partial charge >= 0.3 is 0 Å². The molecule has 174 valence electrons. The molecule has 2 aliphatic heterocycles. The number of rotatable bonds is 6. The largest absolute Gasteiger partial charge is 0.495 e. The molecule has 3 heterocycles. The maximum atomic E-state index is 6.21. The van der Waals surface area contributed by atoms with Gasteiger partial charge in [-0.3, -0.25) is 4.99 Å². The molecule has 2 fully saturated rings. The molecule has 0 saturated carbocycles. The van der Waals surface area contributed by atoms with Gasteiger partial charge in [-0.15, -0.1) is 24.0 Å². The summed E-state index contributed by atoms with van der Waals surface area (Å²) in [5.74, 6) is 2.73. The summed E-state index contributed by atoms with van der Waals surface area (Å²) in [4.78, 5) is 13.6. The van der Waals surface area contributed by atoms with E-state index in [0.29, 0.717) is 12.6 Å². The Morgan fingerprint density at radius 1 is 1.19 bits per heavy atom. The number of aliphatic imine (C=N–C) groups is 1. The van der Waals surface area contributed by atoms with Crippen molar-refractivity contribution >= 4 is 53.0 Å². The van der Waals surface area contributed by atoms with E-state index in [-0.39, 0.29) is 24.0 Å². The Kier molecular flexibility index (Phi) is 9.10. The number of nitrogens with zero attached hydrogens (tertiary/aromatic N) is 4. The second-order valence-corrected chi connectivity index (χ2v) is 8.47. The van der Waals surface area contributed by atoms with E-state index in [9.17, 15) is 0 Å². The molecule has 0 aliphatic carbocycles. The molecule has 2 aliphatic rings. The zero-order valence-corrected chi connectivity index (χ0v) is 21.8. The van der Waals surface area contributed by atoms with Crippen LogP contribution in [0.5, 0.6) is 5.75 Å². The number of nitrogens with one attached hydrogen (secondary N) is 2. The van der Waals surface area contributed by atoms with Crippen LogP contribution in [0.3, 0.4) is 0 Å². The number of aromatic nitrogens is 1. The summed E-state index contributed by atoms with van der Waals surface area (Å²) in [7, 11) is 3.50. The topological polar surface area (TPSA) is 65.0 Å². The number of methoxy groups -OCH3 is 1.